The highest BCUT2D eigenvalue weighted by molar-refractivity contribution is 6.30. The van der Waals surface area contributed by atoms with E-state index in [1.54, 1.807) is 18.3 Å². The van der Waals surface area contributed by atoms with Crippen LogP contribution in [-0.2, 0) is 4.79 Å². The minimum Gasteiger partial charge on any atom is -0.368 e. The number of nitrogens with zero attached hydrogens (tertiary/aromatic N) is 4. The van der Waals surface area contributed by atoms with Crippen LogP contribution in [-0.4, -0.2) is 47.0 Å². The molecule has 2 aromatic rings. The normalized spacial score (nSPS) is 16.8. The monoisotopic (exact) mass is 345 g/mol. The van der Waals surface area contributed by atoms with E-state index in [9.17, 15) is 4.79 Å². The fraction of sp³-hybridized carbons (Fsp3) is 0.353. The molecule has 7 heteroatoms. The van der Waals surface area contributed by atoms with E-state index in [2.05, 4.69) is 19.8 Å². The average molecular weight is 346 g/mol. The zero-order valence-electron chi connectivity index (χ0n) is 13.5. The molecule has 1 aromatic heterocycles. The number of piperazine rings is 1. The Morgan fingerprint density at radius 1 is 1.17 bits per heavy atom. The Morgan fingerprint density at radius 2 is 1.83 bits per heavy atom. The van der Waals surface area contributed by atoms with E-state index in [4.69, 9.17) is 17.3 Å². The summed E-state index contributed by atoms with van der Waals surface area (Å²) in [5, 5.41) is 0.644. The van der Waals surface area contributed by atoms with Crippen LogP contribution >= 0.6 is 11.6 Å². The van der Waals surface area contributed by atoms with Crippen LogP contribution in [0.15, 0.2) is 36.5 Å². The number of carbonyl (C=O) groups excluding carboxylic acids is 1. The summed E-state index contributed by atoms with van der Waals surface area (Å²) >= 11 is 5.93. The van der Waals surface area contributed by atoms with Gasteiger partial charge in [-0.3, -0.25) is 9.69 Å². The van der Waals surface area contributed by atoms with Crippen molar-refractivity contribution in [3.63, 3.8) is 0 Å². The van der Waals surface area contributed by atoms with Crippen LogP contribution in [0.1, 0.15) is 17.4 Å². The fourth-order valence-electron chi connectivity index (χ4n) is 3.03. The summed E-state index contributed by atoms with van der Waals surface area (Å²) in [5.41, 5.74) is 6.53. The maximum atomic E-state index is 12.0. The Hall–Kier alpha value is -2.18. The minimum atomic E-state index is -0.434. The molecule has 1 saturated heterocycles. The molecule has 0 radical (unpaired) electrons. The molecule has 0 spiro atoms. The third-order valence-corrected chi connectivity index (χ3v) is 4.47. The Bertz CT molecular complexity index is 713. The van der Waals surface area contributed by atoms with Crippen LogP contribution in [0.2, 0.25) is 5.02 Å². The molecule has 2 heterocycles. The highest BCUT2D eigenvalue weighted by Gasteiger charge is 2.29. The molecule has 1 aromatic carbocycles. The molecule has 1 aliphatic rings. The SMILES string of the molecule is Cc1nccc(N2CCN(C(C(N)=O)c3ccc(Cl)cc3)CC2)n1. The molecule has 2 N–H and O–H groups in total. The molecule has 0 aliphatic carbocycles. The van der Waals surface area contributed by atoms with Gasteiger partial charge in [-0.05, 0) is 30.7 Å². The Morgan fingerprint density at radius 3 is 2.42 bits per heavy atom. The molecule has 6 nitrogen and oxygen atoms in total. The van der Waals surface area contributed by atoms with Crippen LogP contribution in [0.25, 0.3) is 0 Å². The van der Waals surface area contributed by atoms with Crippen molar-refractivity contribution in [3.8, 4) is 0 Å². The van der Waals surface area contributed by atoms with Gasteiger partial charge >= 0.3 is 0 Å². The van der Waals surface area contributed by atoms with Gasteiger partial charge in [-0.2, -0.15) is 0 Å². The van der Waals surface area contributed by atoms with Crippen LogP contribution in [0.3, 0.4) is 0 Å². The molecule has 0 saturated carbocycles. The average Bonchev–Trinajstić information content (AvgIpc) is 2.57. The van der Waals surface area contributed by atoms with Crippen LogP contribution in [0.5, 0.6) is 0 Å². The molecule has 1 unspecified atom stereocenters. The van der Waals surface area contributed by atoms with Crippen molar-refractivity contribution in [1.29, 1.82) is 0 Å². The van der Waals surface area contributed by atoms with Gasteiger partial charge < -0.3 is 10.6 Å². The molecule has 1 amide bonds. The highest BCUT2D eigenvalue weighted by Crippen LogP contribution is 2.24. The lowest BCUT2D eigenvalue weighted by Crippen LogP contribution is -2.50. The van der Waals surface area contributed by atoms with E-state index in [0.29, 0.717) is 5.02 Å². The van der Waals surface area contributed by atoms with Gasteiger partial charge in [-0.25, -0.2) is 9.97 Å². The van der Waals surface area contributed by atoms with E-state index in [1.807, 2.05) is 25.1 Å². The van der Waals surface area contributed by atoms with E-state index in [-0.39, 0.29) is 5.91 Å². The van der Waals surface area contributed by atoms with Crippen molar-refractivity contribution >= 4 is 23.3 Å². The van der Waals surface area contributed by atoms with Crippen molar-refractivity contribution in [1.82, 2.24) is 14.9 Å². The first kappa shape index (κ1) is 16.7. The molecular weight excluding hydrogens is 326 g/mol. The van der Waals surface area contributed by atoms with Gasteiger partial charge in [-0.15, -0.1) is 0 Å². The Kier molecular flexibility index (Phi) is 4.97. The number of hydrogen-bond donors (Lipinski definition) is 1. The molecule has 24 heavy (non-hydrogen) atoms. The lowest BCUT2D eigenvalue weighted by molar-refractivity contribution is -0.123. The van der Waals surface area contributed by atoms with Crippen molar-refractivity contribution in [2.24, 2.45) is 5.73 Å². The lowest BCUT2D eigenvalue weighted by atomic mass is 10.0. The molecule has 0 bridgehead atoms. The van der Waals surface area contributed by atoms with E-state index in [0.717, 1.165) is 43.4 Å². The second-order valence-corrected chi connectivity index (χ2v) is 6.28. The number of amides is 1. The summed E-state index contributed by atoms with van der Waals surface area (Å²) in [6.07, 6.45) is 1.77. The van der Waals surface area contributed by atoms with Crippen molar-refractivity contribution in [2.75, 3.05) is 31.1 Å². The molecule has 126 valence electrons. The van der Waals surface area contributed by atoms with Crippen LogP contribution in [0, 0.1) is 6.92 Å². The third-order valence-electron chi connectivity index (χ3n) is 4.22. The third kappa shape index (κ3) is 3.66. The summed E-state index contributed by atoms with van der Waals surface area (Å²) in [7, 11) is 0. The van der Waals surface area contributed by atoms with Gasteiger partial charge in [0.15, 0.2) is 0 Å². The largest absolute Gasteiger partial charge is 0.368 e. The Balaban J connectivity index is 1.72. The van der Waals surface area contributed by atoms with Gasteiger partial charge in [0, 0.05) is 37.4 Å². The number of carbonyl (C=O) groups is 1. The molecule has 1 atom stereocenters. The fourth-order valence-corrected chi connectivity index (χ4v) is 3.16. The predicted molar refractivity (Wildman–Crippen MR) is 93.9 cm³/mol. The molecule has 3 rings (SSSR count). The summed E-state index contributed by atoms with van der Waals surface area (Å²) in [6.45, 7) is 4.92. The van der Waals surface area contributed by atoms with E-state index < -0.39 is 6.04 Å². The smallest absolute Gasteiger partial charge is 0.239 e. The molecule has 1 fully saturated rings. The summed E-state index contributed by atoms with van der Waals surface area (Å²) in [6, 6.07) is 8.76. The van der Waals surface area contributed by atoms with E-state index >= 15 is 0 Å². The predicted octanol–water partition coefficient (Wildman–Crippen LogP) is 1.79. The minimum absolute atomic E-state index is 0.344. The number of hydrogen-bond acceptors (Lipinski definition) is 5. The maximum Gasteiger partial charge on any atom is 0.239 e. The number of halogens is 1. The second kappa shape index (κ2) is 7.15. The quantitative estimate of drug-likeness (QED) is 0.914. The molecule has 1 aliphatic heterocycles. The number of rotatable bonds is 4. The zero-order valence-corrected chi connectivity index (χ0v) is 14.3. The number of anilines is 1. The first-order chi connectivity index (χ1) is 11.5. The number of benzene rings is 1. The summed E-state index contributed by atoms with van der Waals surface area (Å²) in [5.74, 6) is 1.33. The van der Waals surface area contributed by atoms with Crippen molar-refractivity contribution < 1.29 is 4.79 Å². The summed E-state index contributed by atoms with van der Waals surface area (Å²) in [4.78, 5) is 24.9. The number of primary amides is 1. The second-order valence-electron chi connectivity index (χ2n) is 5.84. The van der Waals surface area contributed by atoms with E-state index in [1.165, 1.54) is 0 Å². The van der Waals surface area contributed by atoms with Gasteiger partial charge in [0.25, 0.3) is 0 Å². The van der Waals surface area contributed by atoms with Crippen molar-refractivity contribution in [2.45, 2.75) is 13.0 Å². The lowest BCUT2D eigenvalue weighted by Gasteiger charge is -2.38. The maximum absolute atomic E-state index is 12.0. The Labute approximate surface area is 146 Å². The van der Waals surface area contributed by atoms with Gasteiger partial charge in [0.2, 0.25) is 5.91 Å². The number of nitrogens with two attached hydrogens (primary N) is 1. The van der Waals surface area contributed by atoms with Crippen molar-refractivity contribution in [3.05, 3.63) is 52.9 Å². The van der Waals surface area contributed by atoms with Gasteiger partial charge in [0.1, 0.15) is 17.7 Å². The zero-order chi connectivity index (χ0) is 17.1. The number of aryl methyl sites for hydroxylation is 1. The van der Waals surface area contributed by atoms with Gasteiger partial charge in [-0.1, -0.05) is 23.7 Å². The standard InChI is InChI=1S/C17H20ClN5O/c1-12-20-7-6-15(21-12)22-8-10-23(11-9-22)16(17(19)24)13-2-4-14(18)5-3-13/h2-7,16H,8-11H2,1H3,(H2,19,24). The summed E-state index contributed by atoms with van der Waals surface area (Å²) < 4.78 is 0. The van der Waals surface area contributed by atoms with Gasteiger partial charge in [0.05, 0.1) is 0 Å². The molecular formula is C17H20ClN5O. The first-order valence-corrected chi connectivity index (χ1v) is 8.26. The first-order valence-electron chi connectivity index (χ1n) is 7.88. The topological polar surface area (TPSA) is 75.3 Å². The highest BCUT2D eigenvalue weighted by atomic mass is 35.5. The number of aromatic nitrogens is 2. The van der Waals surface area contributed by atoms with Crippen LogP contribution in [0.4, 0.5) is 5.82 Å². The van der Waals surface area contributed by atoms with Crippen LogP contribution < -0.4 is 10.6 Å².